The number of thiophene rings is 1. The minimum Gasteiger partial charge on any atom is -0.368 e. The number of para-hydroxylation sites is 1. The molecule has 2 nitrogen and oxygen atoms in total. The SMILES string of the molecule is CC1c2sccc2C(Cl)=CN1CNc1ccccc1. The highest BCUT2D eigenvalue weighted by Gasteiger charge is 2.24. The second-order valence-electron chi connectivity index (χ2n) is 4.57. The van der Waals surface area contributed by atoms with Crippen molar-refractivity contribution in [2.45, 2.75) is 13.0 Å². The number of rotatable bonds is 3. The summed E-state index contributed by atoms with van der Waals surface area (Å²) in [6, 6.07) is 12.7. The standard InChI is InChI=1S/C15H15ClN2S/c1-11-15-13(7-8-19-15)14(16)9-18(11)10-17-12-5-3-2-4-6-12/h2-9,11,17H,10H2,1H3. The summed E-state index contributed by atoms with van der Waals surface area (Å²) in [5.41, 5.74) is 2.30. The smallest absolute Gasteiger partial charge is 0.0877 e. The number of anilines is 1. The van der Waals surface area contributed by atoms with Gasteiger partial charge in [0.15, 0.2) is 0 Å². The molecule has 0 spiro atoms. The Balaban J connectivity index is 1.74. The van der Waals surface area contributed by atoms with E-state index in [0.717, 1.165) is 17.4 Å². The monoisotopic (exact) mass is 290 g/mol. The van der Waals surface area contributed by atoms with Gasteiger partial charge in [0.05, 0.1) is 17.7 Å². The summed E-state index contributed by atoms with van der Waals surface area (Å²) in [5.74, 6) is 0. The molecule has 1 aromatic heterocycles. The number of benzene rings is 1. The van der Waals surface area contributed by atoms with Gasteiger partial charge in [-0.15, -0.1) is 11.3 Å². The second-order valence-corrected chi connectivity index (χ2v) is 5.92. The van der Waals surface area contributed by atoms with E-state index >= 15 is 0 Å². The lowest BCUT2D eigenvalue weighted by Gasteiger charge is -2.32. The Morgan fingerprint density at radius 1 is 1.26 bits per heavy atom. The van der Waals surface area contributed by atoms with Crippen molar-refractivity contribution in [1.82, 2.24) is 4.90 Å². The van der Waals surface area contributed by atoms with Gasteiger partial charge in [0, 0.05) is 22.3 Å². The van der Waals surface area contributed by atoms with Gasteiger partial charge in [0.2, 0.25) is 0 Å². The summed E-state index contributed by atoms with van der Waals surface area (Å²) in [5, 5.41) is 6.34. The van der Waals surface area contributed by atoms with E-state index in [0.29, 0.717) is 6.04 Å². The maximum atomic E-state index is 6.33. The van der Waals surface area contributed by atoms with Crippen LogP contribution in [-0.2, 0) is 0 Å². The van der Waals surface area contributed by atoms with Crippen molar-refractivity contribution in [2.24, 2.45) is 0 Å². The van der Waals surface area contributed by atoms with Crippen molar-refractivity contribution >= 4 is 33.7 Å². The predicted molar refractivity (Wildman–Crippen MR) is 83.3 cm³/mol. The lowest BCUT2D eigenvalue weighted by Crippen LogP contribution is -2.29. The number of halogens is 1. The number of hydrogen-bond acceptors (Lipinski definition) is 3. The maximum absolute atomic E-state index is 6.33. The molecule has 0 bridgehead atoms. The predicted octanol–water partition coefficient (Wildman–Crippen LogP) is 4.73. The van der Waals surface area contributed by atoms with Gasteiger partial charge in [0.1, 0.15) is 0 Å². The number of nitrogens with zero attached hydrogens (tertiary/aromatic N) is 1. The summed E-state index contributed by atoms with van der Waals surface area (Å²) in [6.07, 6.45) is 2.03. The first kappa shape index (κ1) is 12.6. The van der Waals surface area contributed by atoms with Gasteiger partial charge >= 0.3 is 0 Å². The molecule has 2 aromatic rings. The molecular weight excluding hydrogens is 276 g/mol. The quantitative estimate of drug-likeness (QED) is 0.879. The van der Waals surface area contributed by atoms with Crippen LogP contribution in [0.4, 0.5) is 5.69 Å². The van der Waals surface area contributed by atoms with Gasteiger partial charge < -0.3 is 10.2 Å². The Bertz CT molecular complexity index is 591. The largest absolute Gasteiger partial charge is 0.368 e. The lowest BCUT2D eigenvalue weighted by atomic mass is 10.1. The molecule has 0 saturated carbocycles. The van der Waals surface area contributed by atoms with E-state index in [-0.39, 0.29) is 0 Å². The minimum absolute atomic E-state index is 0.355. The Morgan fingerprint density at radius 3 is 2.84 bits per heavy atom. The summed E-state index contributed by atoms with van der Waals surface area (Å²) in [7, 11) is 0. The minimum atomic E-state index is 0.355. The molecule has 1 unspecified atom stereocenters. The van der Waals surface area contributed by atoms with Crippen LogP contribution in [0, 0.1) is 0 Å². The van der Waals surface area contributed by atoms with Crippen LogP contribution < -0.4 is 5.32 Å². The zero-order chi connectivity index (χ0) is 13.2. The first-order valence-corrected chi connectivity index (χ1v) is 7.51. The molecule has 3 rings (SSSR count). The third kappa shape index (κ3) is 2.48. The first-order valence-electron chi connectivity index (χ1n) is 6.25. The zero-order valence-corrected chi connectivity index (χ0v) is 12.2. The molecule has 1 aliphatic rings. The molecule has 1 aliphatic heterocycles. The van der Waals surface area contributed by atoms with Crippen LogP contribution in [0.2, 0.25) is 0 Å². The van der Waals surface area contributed by atoms with E-state index in [2.05, 4.69) is 40.7 Å². The second kappa shape index (κ2) is 5.27. The van der Waals surface area contributed by atoms with Crippen LogP contribution in [-0.4, -0.2) is 11.6 Å². The van der Waals surface area contributed by atoms with Gasteiger partial charge in [-0.1, -0.05) is 29.8 Å². The molecule has 0 saturated heterocycles. The average molecular weight is 291 g/mol. The molecule has 0 amide bonds. The van der Waals surface area contributed by atoms with Gasteiger partial charge in [0.25, 0.3) is 0 Å². The summed E-state index contributed by atoms with van der Waals surface area (Å²) in [4.78, 5) is 3.57. The molecule has 98 valence electrons. The summed E-state index contributed by atoms with van der Waals surface area (Å²) < 4.78 is 0. The highest BCUT2D eigenvalue weighted by molar-refractivity contribution is 7.10. The van der Waals surface area contributed by atoms with Crippen LogP contribution in [0.25, 0.3) is 5.03 Å². The zero-order valence-electron chi connectivity index (χ0n) is 10.6. The molecular formula is C15H15ClN2S. The fraction of sp³-hybridized carbons (Fsp3) is 0.200. The normalized spacial score (nSPS) is 17.9. The number of fused-ring (bicyclic) bond motifs is 1. The van der Waals surface area contributed by atoms with Crippen molar-refractivity contribution in [2.75, 3.05) is 12.0 Å². The van der Waals surface area contributed by atoms with E-state index in [9.17, 15) is 0 Å². The van der Waals surface area contributed by atoms with E-state index in [1.165, 1.54) is 10.4 Å². The van der Waals surface area contributed by atoms with Crippen LogP contribution in [0.1, 0.15) is 23.4 Å². The highest BCUT2D eigenvalue weighted by Crippen LogP contribution is 2.39. The fourth-order valence-corrected chi connectivity index (χ4v) is 3.57. The van der Waals surface area contributed by atoms with E-state index < -0.39 is 0 Å². The average Bonchev–Trinajstić information content (AvgIpc) is 2.92. The van der Waals surface area contributed by atoms with Gasteiger partial charge in [-0.05, 0) is 30.5 Å². The molecule has 0 aliphatic carbocycles. The third-order valence-electron chi connectivity index (χ3n) is 3.35. The number of nitrogens with one attached hydrogen (secondary N) is 1. The van der Waals surface area contributed by atoms with Gasteiger partial charge in [-0.2, -0.15) is 0 Å². The van der Waals surface area contributed by atoms with Gasteiger partial charge in [-0.3, -0.25) is 0 Å². The van der Waals surface area contributed by atoms with Crippen LogP contribution in [0.3, 0.4) is 0 Å². The molecule has 1 N–H and O–H groups in total. The Morgan fingerprint density at radius 2 is 2.05 bits per heavy atom. The van der Waals surface area contributed by atoms with Crippen molar-refractivity contribution in [1.29, 1.82) is 0 Å². The van der Waals surface area contributed by atoms with Crippen LogP contribution >= 0.6 is 22.9 Å². The van der Waals surface area contributed by atoms with Crippen molar-refractivity contribution in [3.63, 3.8) is 0 Å². The van der Waals surface area contributed by atoms with Crippen LogP contribution in [0.15, 0.2) is 48.0 Å². The van der Waals surface area contributed by atoms with Crippen molar-refractivity contribution in [3.05, 3.63) is 58.4 Å². The maximum Gasteiger partial charge on any atom is 0.0877 e. The Labute approximate surface area is 122 Å². The van der Waals surface area contributed by atoms with E-state index in [4.69, 9.17) is 11.6 Å². The molecule has 4 heteroatoms. The molecule has 2 heterocycles. The first-order chi connectivity index (χ1) is 9.25. The van der Waals surface area contributed by atoms with E-state index in [1.54, 1.807) is 11.3 Å². The van der Waals surface area contributed by atoms with Crippen LogP contribution in [0.5, 0.6) is 0 Å². The van der Waals surface area contributed by atoms with E-state index in [1.807, 2.05) is 24.4 Å². The lowest BCUT2D eigenvalue weighted by molar-refractivity contribution is 0.319. The van der Waals surface area contributed by atoms with Crippen molar-refractivity contribution < 1.29 is 0 Å². The molecule has 1 aromatic carbocycles. The highest BCUT2D eigenvalue weighted by atomic mass is 35.5. The summed E-state index contributed by atoms with van der Waals surface area (Å²) >= 11 is 8.10. The fourth-order valence-electron chi connectivity index (χ4n) is 2.24. The molecule has 1 atom stereocenters. The molecule has 0 radical (unpaired) electrons. The topological polar surface area (TPSA) is 15.3 Å². The summed E-state index contributed by atoms with van der Waals surface area (Å²) in [6.45, 7) is 2.96. The van der Waals surface area contributed by atoms with Gasteiger partial charge in [-0.25, -0.2) is 0 Å². The third-order valence-corrected chi connectivity index (χ3v) is 4.74. The van der Waals surface area contributed by atoms with Crippen molar-refractivity contribution in [3.8, 4) is 0 Å². The number of hydrogen-bond donors (Lipinski definition) is 1. The Kier molecular flexibility index (Phi) is 3.49. The Hall–Kier alpha value is -1.45. The molecule has 0 fully saturated rings. The molecule has 19 heavy (non-hydrogen) atoms.